The maximum Gasteiger partial charge on any atom is 0.262 e. The first-order valence-electron chi connectivity index (χ1n) is 6.66. The summed E-state index contributed by atoms with van der Waals surface area (Å²) in [7, 11) is -2.82. The van der Waals surface area contributed by atoms with Gasteiger partial charge in [0.2, 0.25) is 5.91 Å². The van der Waals surface area contributed by atoms with Crippen LogP contribution in [0, 0.1) is 11.6 Å². The van der Waals surface area contributed by atoms with Crippen molar-refractivity contribution in [2.45, 2.75) is 11.8 Å². The number of nitrogens with one attached hydrogen (secondary N) is 2. The van der Waals surface area contributed by atoms with E-state index in [1.807, 2.05) is 0 Å². The Morgan fingerprint density at radius 1 is 1.08 bits per heavy atom. The number of carbonyl (C=O) groups is 1. The number of hydrogen-bond donors (Lipinski definition) is 2. The first kappa shape index (κ1) is 17.7. The fraction of sp³-hybridized carbons (Fsp3) is 0.133. The first-order valence-corrected chi connectivity index (χ1v) is 8.14. The number of halogens is 2. The van der Waals surface area contributed by atoms with Gasteiger partial charge in [0.05, 0.1) is 23.4 Å². The maximum absolute atomic E-state index is 13.2. The van der Waals surface area contributed by atoms with Gasteiger partial charge < -0.3 is 10.1 Å². The second kappa shape index (κ2) is 6.83. The third-order valence-electron chi connectivity index (χ3n) is 2.91. The van der Waals surface area contributed by atoms with Crippen molar-refractivity contribution in [1.82, 2.24) is 0 Å². The van der Waals surface area contributed by atoms with Crippen LogP contribution in [0.15, 0.2) is 41.3 Å². The maximum atomic E-state index is 13.2. The van der Waals surface area contributed by atoms with Crippen molar-refractivity contribution in [3.05, 3.63) is 48.0 Å². The molecule has 2 rings (SSSR count). The lowest BCUT2D eigenvalue weighted by Gasteiger charge is -2.13. The van der Waals surface area contributed by atoms with E-state index >= 15 is 0 Å². The molecule has 24 heavy (non-hydrogen) atoms. The molecule has 0 aliphatic heterocycles. The van der Waals surface area contributed by atoms with Gasteiger partial charge in [-0.1, -0.05) is 0 Å². The SMILES string of the molecule is COc1ccc(NS(=O)(=O)c2cc(F)cc(F)c2)cc1NC(C)=O. The minimum absolute atomic E-state index is 0.0872. The predicted molar refractivity (Wildman–Crippen MR) is 84.5 cm³/mol. The molecule has 0 aliphatic rings. The molecule has 0 fully saturated rings. The summed E-state index contributed by atoms with van der Waals surface area (Å²) in [6, 6.07) is 6.12. The Balaban J connectivity index is 2.37. The lowest BCUT2D eigenvalue weighted by molar-refractivity contribution is -0.114. The molecular weight excluding hydrogens is 342 g/mol. The van der Waals surface area contributed by atoms with Gasteiger partial charge in [-0.05, 0) is 30.3 Å². The van der Waals surface area contributed by atoms with Crippen molar-refractivity contribution in [3.63, 3.8) is 0 Å². The van der Waals surface area contributed by atoms with Crippen LogP contribution in [0.4, 0.5) is 20.2 Å². The number of hydrogen-bond acceptors (Lipinski definition) is 4. The molecule has 0 saturated carbocycles. The van der Waals surface area contributed by atoms with Crippen molar-refractivity contribution in [2.75, 3.05) is 17.1 Å². The molecule has 2 aromatic carbocycles. The molecule has 0 bridgehead atoms. The largest absolute Gasteiger partial charge is 0.495 e. The van der Waals surface area contributed by atoms with E-state index in [-0.39, 0.29) is 17.3 Å². The molecule has 0 radical (unpaired) electrons. The molecule has 0 aliphatic carbocycles. The molecule has 2 N–H and O–H groups in total. The van der Waals surface area contributed by atoms with Crippen LogP contribution in [0.3, 0.4) is 0 Å². The van der Waals surface area contributed by atoms with Crippen molar-refractivity contribution in [2.24, 2.45) is 0 Å². The third-order valence-corrected chi connectivity index (χ3v) is 4.27. The average molecular weight is 356 g/mol. The van der Waals surface area contributed by atoms with Gasteiger partial charge in [0.25, 0.3) is 10.0 Å². The number of amides is 1. The van der Waals surface area contributed by atoms with Crippen molar-refractivity contribution in [3.8, 4) is 5.75 Å². The molecule has 9 heteroatoms. The minimum atomic E-state index is -4.21. The van der Waals surface area contributed by atoms with Crippen LogP contribution in [-0.4, -0.2) is 21.4 Å². The molecule has 0 saturated heterocycles. The molecule has 1 amide bonds. The summed E-state index contributed by atoms with van der Waals surface area (Å²) in [5.41, 5.74) is 0.333. The van der Waals surface area contributed by atoms with Crippen molar-refractivity contribution >= 4 is 27.3 Å². The highest BCUT2D eigenvalue weighted by atomic mass is 32.2. The number of methoxy groups -OCH3 is 1. The van der Waals surface area contributed by atoms with Gasteiger partial charge in [-0.15, -0.1) is 0 Å². The Labute approximate surface area is 137 Å². The number of ether oxygens (including phenoxy) is 1. The van der Waals surface area contributed by atoms with Gasteiger partial charge >= 0.3 is 0 Å². The zero-order valence-corrected chi connectivity index (χ0v) is 13.6. The van der Waals surface area contributed by atoms with Gasteiger partial charge in [0.1, 0.15) is 17.4 Å². The van der Waals surface area contributed by atoms with Crippen LogP contribution in [0.1, 0.15) is 6.92 Å². The van der Waals surface area contributed by atoms with E-state index in [2.05, 4.69) is 10.0 Å². The number of anilines is 2. The number of rotatable bonds is 5. The number of sulfonamides is 1. The van der Waals surface area contributed by atoms with E-state index in [1.54, 1.807) is 0 Å². The van der Waals surface area contributed by atoms with Crippen molar-refractivity contribution < 1.29 is 26.7 Å². The van der Waals surface area contributed by atoms with E-state index in [4.69, 9.17) is 4.74 Å². The Morgan fingerprint density at radius 3 is 2.25 bits per heavy atom. The Kier molecular flexibility index (Phi) is 5.03. The Hall–Kier alpha value is -2.68. The second-order valence-corrected chi connectivity index (χ2v) is 6.49. The minimum Gasteiger partial charge on any atom is -0.495 e. The van der Waals surface area contributed by atoms with Crippen LogP contribution in [0.5, 0.6) is 5.75 Å². The second-order valence-electron chi connectivity index (χ2n) is 4.81. The molecule has 2 aromatic rings. The third kappa shape index (κ3) is 4.19. The first-order chi connectivity index (χ1) is 11.2. The molecule has 6 nitrogen and oxygen atoms in total. The van der Waals surface area contributed by atoms with Crippen LogP contribution in [0.2, 0.25) is 0 Å². The highest BCUT2D eigenvalue weighted by Gasteiger charge is 2.17. The Morgan fingerprint density at radius 2 is 1.71 bits per heavy atom. The van der Waals surface area contributed by atoms with Crippen LogP contribution < -0.4 is 14.8 Å². The molecule has 128 valence electrons. The van der Waals surface area contributed by atoms with E-state index in [9.17, 15) is 22.0 Å². The topological polar surface area (TPSA) is 84.5 Å². The summed E-state index contributed by atoms with van der Waals surface area (Å²) < 4.78 is 58.1. The quantitative estimate of drug-likeness (QED) is 0.863. The molecule has 0 unspecified atom stereocenters. The molecule has 0 aromatic heterocycles. The van der Waals surface area contributed by atoms with E-state index in [1.165, 1.54) is 32.2 Å². The van der Waals surface area contributed by atoms with Gasteiger partial charge in [-0.2, -0.15) is 0 Å². The highest BCUT2D eigenvalue weighted by Crippen LogP contribution is 2.29. The number of benzene rings is 2. The molecular formula is C15H14F2N2O4S. The van der Waals surface area contributed by atoms with Gasteiger partial charge in [-0.3, -0.25) is 9.52 Å². The standard InChI is InChI=1S/C15H14F2N2O4S/c1-9(20)18-14-8-12(3-4-15(14)23-2)19-24(21,22)13-6-10(16)5-11(17)7-13/h3-8,19H,1-2H3,(H,18,20). The predicted octanol–water partition coefficient (Wildman–Crippen LogP) is 2.73. The monoisotopic (exact) mass is 356 g/mol. The van der Waals surface area contributed by atoms with Crippen LogP contribution >= 0.6 is 0 Å². The average Bonchev–Trinajstić information content (AvgIpc) is 2.45. The summed E-state index contributed by atoms with van der Waals surface area (Å²) in [5.74, 6) is -2.07. The summed E-state index contributed by atoms with van der Waals surface area (Å²) in [5, 5.41) is 2.49. The summed E-state index contributed by atoms with van der Waals surface area (Å²) >= 11 is 0. The lowest BCUT2D eigenvalue weighted by Crippen LogP contribution is -2.14. The zero-order chi connectivity index (χ0) is 17.9. The summed E-state index contributed by atoms with van der Waals surface area (Å²) in [6.45, 7) is 1.28. The summed E-state index contributed by atoms with van der Waals surface area (Å²) in [4.78, 5) is 10.6. The van der Waals surface area contributed by atoms with Crippen LogP contribution in [-0.2, 0) is 14.8 Å². The molecule has 0 atom stereocenters. The smallest absolute Gasteiger partial charge is 0.262 e. The number of carbonyl (C=O) groups excluding carboxylic acids is 1. The van der Waals surface area contributed by atoms with Crippen molar-refractivity contribution in [1.29, 1.82) is 0 Å². The fourth-order valence-corrected chi connectivity index (χ4v) is 3.05. The molecule has 0 spiro atoms. The van der Waals surface area contributed by atoms with Gasteiger partial charge in [0, 0.05) is 13.0 Å². The van der Waals surface area contributed by atoms with Crippen LogP contribution in [0.25, 0.3) is 0 Å². The fourth-order valence-electron chi connectivity index (χ4n) is 1.96. The highest BCUT2D eigenvalue weighted by molar-refractivity contribution is 7.92. The van der Waals surface area contributed by atoms with E-state index in [0.717, 1.165) is 0 Å². The van der Waals surface area contributed by atoms with E-state index < -0.39 is 26.6 Å². The van der Waals surface area contributed by atoms with E-state index in [0.29, 0.717) is 23.9 Å². The zero-order valence-electron chi connectivity index (χ0n) is 12.8. The summed E-state index contributed by atoms with van der Waals surface area (Å²) in [6.07, 6.45) is 0. The normalized spacial score (nSPS) is 11.0. The van der Waals surface area contributed by atoms with Gasteiger partial charge in [-0.25, -0.2) is 17.2 Å². The molecule has 0 heterocycles. The van der Waals surface area contributed by atoms with Gasteiger partial charge in [0.15, 0.2) is 0 Å². The lowest BCUT2D eigenvalue weighted by atomic mass is 10.2. The Bertz CT molecular complexity index is 865.